The smallest absolute Gasteiger partial charge is 0.255 e. The second kappa shape index (κ2) is 10.4. The molecular weight excluding hydrogens is 427 g/mol. The summed E-state index contributed by atoms with van der Waals surface area (Å²) in [5, 5.41) is 3.99. The van der Waals surface area contributed by atoms with Gasteiger partial charge in [0.2, 0.25) is 5.91 Å². The summed E-state index contributed by atoms with van der Waals surface area (Å²) in [5.41, 5.74) is 6.13. The van der Waals surface area contributed by atoms with E-state index in [4.69, 9.17) is 38.4 Å². The quantitative estimate of drug-likeness (QED) is 0.565. The summed E-state index contributed by atoms with van der Waals surface area (Å²) in [7, 11) is 1.48. The molecule has 0 saturated carbocycles. The van der Waals surface area contributed by atoms with Crippen molar-refractivity contribution in [3.8, 4) is 11.5 Å². The molecular formula is C22H24Cl2N2O4. The van der Waals surface area contributed by atoms with E-state index < -0.39 is 11.3 Å². The van der Waals surface area contributed by atoms with Gasteiger partial charge in [-0.05, 0) is 41.5 Å². The monoisotopic (exact) mass is 450 g/mol. The number of nitrogens with two attached hydrogens (primary N) is 1. The molecule has 0 unspecified atom stereocenters. The predicted molar refractivity (Wildman–Crippen MR) is 119 cm³/mol. The maximum Gasteiger partial charge on any atom is 0.255 e. The topological polar surface area (TPSA) is 90.7 Å². The third-order valence-electron chi connectivity index (χ3n) is 4.33. The fourth-order valence-electron chi connectivity index (χ4n) is 2.83. The fourth-order valence-corrected chi connectivity index (χ4v) is 3.74. The van der Waals surface area contributed by atoms with Gasteiger partial charge < -0.3 is 20.5 Å². The largest absolute Gasteiger partial charge is 0.493 e. The zero-order chi connectivity index (χ0) is 22.3. The molecule has 30 heavy (non-hydrogen) atoms. The molecule has 0 bridgehead atoms. The maximum absolute atomic E-state index is 12.3. The van der Waals surface area contributed by atoms with Crippen LogP contribution in [-0.2, 0) is 15.0 Å². The van der Waals surface area contributed by atoms with E-state index in [-0.39, 0.29) is 12.5 Å². The lowest BCUT2D eigenvalue weighted by molar-refractivity contribution is -0.120. The summed E-state index contributed by atoms with van der Waals surface area (Å²) in [6, 6.07) is 10.4. The number of primary amides is 1. The second-order valence-electron chi connectivity index (χ2n) is 7.20. The lowest BCUT2D eigenvalue weighted by atomic mass is 9.84. The van der Waals surface area contributed by atoms with Crippen LogP contribution in [0.5, 0.6) is 11.5 Å². The van der Waals surface area contributed by atoms with E-state index >= 15 is 0 Å². The summed E-state index contributed by atoms with van der Waals surface area (Å²) in [6.45, 7) is 4.02. The van der Waals surface area contributed by atoms with Gasteiger partial charge in [-0.1, -0.05) is 49.2 Å². The first kappa shape index (κ1) is 23.6. The molecule has 0 aromatic heterocycles. The van der Waals surface area contributed by atoms with E-state index in [2.05, 4.69) is 5.32 Å². The molecule has 0 aliphatic carbocycles. The van der Waals surface area contributed by atoms with Gasteiger partial charge in [-0.2, -0.15) is 0 Å². The highest BCUT2D eigenvalue weighted by Crippen LogP contribution is 2.35. The molecule has 0 atom stereocenters. The first-order chi connectivity index (χ1) is 14.1. The number of amides is 2. The van der Waals surface area contributed by atoms with Gasteiger partial charge in [0.15, 0.2) is 18.1 Å². The van der Waals surface area contributed by atoms with Crippen molar-refractivity contribution >= 4 is 41.1 Å². The number of hydrogen-bond acceptors (Lipinski definition) is 4. The molecule has 0 saturated heterocycles. The molecule has 0 aliphatic heterocycles. The Balaban J connectivity index is 2.03. The Morgan fingerprint density at radius 1 is 1.13 bits per heavy atom. The average Bonchev–Trinajstić information content (AvgIpc) is 2.69. The Labute approximate surface area is 185 Å². The van der Waals surface area contributed by atoms with Crippen molar-refractivity contribution in [3.63, 3.8) is 0 Å². The number of rotatable bonds is 9. The first-order valence-corrected chi connectivity index (χ1v) is 9.89. The van der Waals surface area contributed by atoms with Crippen LogP contribution in [0.3, 0.4) is 0 Å². The van der Waals surface area contributed by atoms with Gasteiger partial charge in [0.05, 0.1) is 7.11 Å². The molecule has 0 radical (unpaired) electrons. The second-order valence-corrected chi connectivity index (χ2v) is 8.01. The summed E-state index contributed by atoms with van der Waals surface area (Å²) in [6.07, 6.45) is 3.06. The molecule has 3 N–H and O–H groups in total. The number of carbonyl (C=O) groups excluding carboxylic acids is 2. The van der Waals surface area contributed by atoms with Gasteiger partial charge in [0, 0.05) is 28.1 Å². The summed E-state index contributed by atoms with van der Waals surface area (Å²) >= 11 is 12.6. The number of methoxy groups -OCH3 is 1. The van der Waals surface area contributed by atoms with E-state index in [1.807, 2.05) is 13.8 Å². The summed E-state index contributed by atoms with van der Waals surface area (Å²) in [5.74, 6) is -0.0393. The number of benzene rings is 2. The molecule has 0 fully saturated rings. The van der Waals surface area contributed by atoms with Crippen LogP contribution in [0.4, 0.5) is 0 Å². The van der Waals surface area contributed by atoms with E-state index in [0.717, 1.165) is 11.1 Å². The van der Waals surface area contributed by atoms with Gasteiger partial charge in [-0.3, -0.25) is 9.59 Å². The highest BCUT2D eigenvalue weighted by molar-refractivity contribution is 6.36. The van der Waals surface area contributed by atoms with E-state index in [1.54, 1.807) is 42.5 Å². The molecule has 0 spiro atoms. The van der Waals surface area contributed by atoms with Crippen molar-refractivity contribution in [1.29, 1.82) is 0 Å². The first-order valence-electron chi connectivity index (χ1n) is 9.13. The van der Waals surface area contributed by atoms with Gasteiger partial charge in [-0.15, -0.1) is 0 Å². The minimum absolute atomic E-state index is 0.251. The zero-order valence-corrected chi connectivity index (χ0v) is 18.5. The van der Waals surface area contributed by atoms with Crippen molar-refractivity contribution < 1.29 is 19.1 Å². The third kappa shape index (κ3) is 6.40. The molecule has 160 valence electrons. The Bertz CT molecular complexity index is 938. The molecule has 2 aromatic rings. The molecule has 0 aliphatic rings. The summed E-state index contributed by atoms with van der Waals surface area (Å²) < 4.78 is 10.5. The van der Waals surface area contributed by atoms with Crippen molar-refractivity contribution in [3.05, 3.63) is 63.6 Å². The molecule has 0 heterocycles. The number of carbonyl (C=O) groups is 2. The maximum atomic E-state index is 12.3. The van der Waals surface area contributed by atoms with Crippen LogP contribution in [-0.4, -0.2) is 32.1 Å². The average molecular weight is 451 g/mol. The fraction of sp³-hybridized carbons (Fsp3) is 0.273. The van der Waals surface area contributed by atoms with Crippen LogP contribution in [0.25, 0.3) is 6.08 Å². The molecule has 2 rings (SSSR count). The van der Waals surface area contributed by atoms with Crippen LogP contribution in [0.15, 0.2) is 42.5 Å². The van der Waals surface area contributed by atoms with Gasteiger partial charge in [0.25, 0.3) is 5.91 Å². The van der Waals surface area contributed by atoms with Crippen LogP contribution < -0.4 is 20.5 Å². The van der Waals surface area contributed by atoms with Crippen LogP contribution in [0.1, 0.15) is 25.0 Å². The highest BCUT2D eigenvalue weighted by atomic mass is 35.5. The molecule has 2 aromatic carbocycles. The van der Waals surface area contributed by atoms with E-state index in [9.17, 15) is 9.59 Å². The lowest BCUT2D eigenvalue weighted by Gasteiger charge is -2.27. The van der Waals surface area contributed by atoms with Gasteiger partial charge >= 0.3 is 0 Å². The van der Waals surface area contributed by atoms with Gasteiger partial charge in [-0.25, -0.2) is 0 Å². The molecule has 6 nitrogen and oxygen atoms in total. The van der Waals surface area contributed by atoms with Crippen LogP contribution in [0.2, 0.25) is 10.0 Å². The third-order valence-corrected chi connectivity index (χ3v) is 4.96. The lowest BCUT2D eigenvalue weighted by Crippen LogP contribution is -2.36. The Kier molecular flexibility index (Phi) is 8.15. The number of ether oxygens (including phenoxy) is 2. The van der Waals surface area contributed by atoms with Crippen molar-refractivity contribution in [2.75, 3.05) is 20.3 Å². The predicted octanol–water partition coefficient (Wildman–Crippen LogP) is 3.97. The SMILES string of the molecule is COc1cc(C=CC(=O)NCC(C)(C)c2c(Cl)cccc2Cl)ccc1OCC(N)=O. The number of nitrogens with one attached hydrogen (secondary N) is 1. The standard InChI is InChI=1S/C22H24Cl2N2O4/c1-22(2,21-15(23)5-4-6-16(21)24)13-26-20(28)10-8-14-7-9-17(18(11-14)29-3)30-12-19(25)27/h4-11H,12-13H2,1-3H3,(H2,25,27)(H,26,28). The normalized spacial score (nSPS) is 11.4. The molecule has 8 heteroatoms. The Hall–Kier alpha value is -2.70. The van der Waals surface area contributed by atoms with E-state index in [0.29, 0.717) is 28.1 Å². The van der Waals surface area contributed by atoms with Crippen LogP contribution in [0, 0.1) is 0 Å². The van der Waals surface area contributed by atoms with Gasteiger partial charge in [0.1, 0.15) is 0 Å². The number of halogens is 2. The zero-order valence-electron chi connectivity index (χ0n) is 17.0. The van der Waals surface area contributed by atoms with Crippen molar-refractivity contribution in [2.45, 2.75) is 19.3 Å². The minimum Gasteiger partial charge on any atom is -0.493 e. The number of hydrogen-bond donors (Lipinski definition) is 2. The Morgan fingerprint density at radius 2 is 1.80 bits per heavy atom. The molecule has 2 amide bonds. The van der Waals surface area contributed by atoms with Crippen LogP contribution >= 0.6 is 23.2 Å². The summed E-state index contributed by atoms with van der Waals surface area (Å²) in [4.78, 5) is 23.2. The Morgan fingerprint density at radius 3 is 2.40 bits per heavy atom. The van der Waals surface area contributed by atoms with E-state index in [1.165, 1.54) is 13.2 Å². The minimum atomic E-state index is -0.585. The van der Waals surface area contributed by atoms with Crippen molar-refractivity contribution in [1.82, 2.24) is 5.32 Å². The highest BCUT2D eigenvalue weighted by Gasteiger charge is 2.26. The van der Waals surface area contributed by atoms with Crippen molar-refractivity contribution in [2.24, 2.45) is 5.73 Å².